The van der Waals surface area contributed by atoms with Crippen molar-refractivity contribution in [2.75, 3.05) is 7.05 Å². The molecule has 0 bridgehead atoms. The third kappa shape index (κ3) is 7.19. The van der Waals surface area contributed by atoms with E-state index < -0.39 is 5.67 Å². The van der Waals surface area contributed by atoms with E-state index in [-0.39, 0.29) is 23.5 Å². The third-order valence-electron chi connectivity index (χ3n) is 7.77. The first-order valence-corrected chi connectivity index (χ1v) is 12.8. The summed E-state index contributed by atoms with van der Waals surface area (Å²) in [6, 6.07) is 9.18. The summed E-state index contributed by atoms with van der Waals surface area (Å²) in [6.45, 7) is 15.9. The zero-order valence-electron chi connectivity index (χ0n) is 22.7. The largest absolute Gasteiger partial charge is 0.508 e. The number of rotatable bonds is 8. The van der Waals surface area contributed by atoms with Crippen LogP contribution in [0.3, 0.4) is 0 Å². The lowest BCUT2D eigenvalue weighted by molar-refractivity contribution is -0.114. The maximum Gasteiger partial charge on any atom is 0.159 e. The average Bonchev–Trinajstić information content (AvgIpc) is 2.77. The van der Waals surface area contributed by atoms with Crippen LogP contribution in [0, 0.1) is 12.3 Å². The summed E-state index contributed by atoms with van der Waals surface area (Å²) in [5, 5.41) is 9.03. The molecule has 2 aliphatic rings. The van der Waals surface area contributed by atoms with Crippen LogP contribution in [-0.4, -0.2) is 34.5 Å². The van der Waals surface area contributed by atoms with E-state index in [0.717, 1.165) is 5.57 Å². The van der Waals surface area contributed by atoms with Gasteiger partial charge < -0.3 is 10.0 Å². The van der Waals surface area contributed by atoms with Crippen LogP contribution in [0.1, 0.15) is 84.3 Å². The lowest BCUT2D eigenvalue weighted by Gasteiger charge is -2.52. The normalized spacial score (nSPS) is 25.9. The minimum Gasteiger partial charge on any atom is -0.508 e. The Morgan fingerprint density at radius 2 is 1.89 bits per heavy atom. The van der Waals surface area contributed by atoms with E-state index in [9.17, 15) is 9.18 Å². The third-order valence-corrected chi connectivity index (χ3v) is 7.77. The van der Waals surface area contributed by atoms with Crippen molar-refractivity contribution in [3.05, 3.63) is 77.2 Å². The Morgan fingerprint density at radius 1 is 1.26 bits per heavy atom. The van der Waals surface area contributed by atoms with Gasteiger partial charge in [-0.05, 0) is 87.3 Å². The van der Waals surface area contributed by atoms with Gasteiger partial charge in [0.2, 0.25) is 0 Å². The molecule has 35 heavy (non-hydrogen) atoms. The second-order valence-corrected chi connectivity index (χ2v) is 10.5. The van der Waals surface area contributed by atoms with Crippen molar-refractivity contribution in [1.82, 2.24) is 4.90 Å². The van der Waals surface area contributed by atoms with Crippen molar-refractivity contribution in [1.29, 1.82) is 0 Å². The van der Waals surface area contributed by atoms with Gasteiger partial charge in [-0.25, -0.2) is 4.39 Å². The van der Waals surface area contributed by atoms with Crippen LogP contribution in [-0.2, 0) is 4.79 Å². The number of hydrogen-bond acceptors (Lipinski definition) is 3. The number of benzene rings is 1. The van der Waals surface area contributed by atoms with Crippen molar-refractivity contribution in [2.24, 2.45) is 5.41 Å². The molecule has 1 saturated carbocycles. The molecule has 0 radical (unpaired) electrons. The van der Waals surface area contributed by atoms with Gasteiger partial charge in [0.15, 0.2) is 5.78 Å². The number of hydrogen-bond donors (Lipinski definition) is 1. The Labute approximate surface area is 212 Å². The van der Waals surface area contributed by atoms with Crippen LogP contribution in [0.15, 0.2) is 66.1 Å². The molecule has 4 heteroatoms. The number of allylic oxidation sites excluding steroid dienone is 6. The van der Waals surface area contributed by atoms with Crippen LogP contribution in [0.2, 0.25) is 0 Å². The number of aliphatic hydroxyl groups excluding tert-OH is 1. The average molecular weight is 482 g/mol. The molecule has 1 unspecified atom stereocenters. The van der Waals surface area contributed by atoms with E-state index in [2.05, 4.69) is 76.6 Å². The Kier molecular flexibility index (Phi) is 9.71. The van der Waals surface area contributed by atoms with Crippen LogP contribution >= 0.6 is 0 Å². The summed E-state index contributed by atoms with van der Waals surface area (Å²) < 4.78 is 13.5. The van der Waals surface area contributed by atoms with E-state index in [1.54, 1.807) is 0 Å². The Hall–Kier alpha value is -2.62. The predicted molar refractivity (Wildman–Crippen MR) is 146 cm³/mol. The molecule has 1 N–H and O–H groups in total. The Morgan fingerprint density at radius 3 is 2.40 bits per heavy atom. The summed E-state index contributed by atoms with van der Waals surface area (Å²) in [5.74, 6) is -0.366. The van der Waals surface area contributed by atoms with Gasteiger partial charge in [-0.1, -0.05) is 57.5 Å². The fourth-order valence-electron chi connectivity index (χ4n) is 5.30. The number of nitrogens with zero attached hydrogens (tertiary/aromatic N) is 1. The lowest BCUT2D eigenvalue weighted by atomic mass is 9.61. The molecule has 0 aromatic heterocycles. The number of carbonyl (C=O) groups excluding carboxylic acids is 1. The first-order valence-electron chi connectivity index (χ1n) is 12.8. The number of carbonyl (C=O) groups is 1. The topological polar surface area (TPSA) is 40.5 Å². The molecule has 1 aromatic carbocycles. The molecule has 0 amide bonds. The summed E-state index contributed by atoms with van der Waals surface area (Å²) >= 11 is 0. The second-order valence-electron chi connectivity index (χ2n) is 10.5. The summed E-state index contributed by atoms with van der Waals surface area (Å²) in [5.41, 5.74) is 4.01. The van der Waals surface area contributed by atoms with E-state index in [1.807, 2.05) is 0 Å². The quantitative estimate of drug-likeness (QED) is 0.380. The maximum atomic E-state index is 13.5. The van der Waals surface area contributed by atoms with Gasteiger partial charge >= 0.3 is 0 Å². The fourth-order valence-corrected chi connectivity index (χ4v) is 5.30. The number of Topliss-reactive ketones (excluding diaryl/α,β-unsaturated/α-hetero) is 1. The standard InChI is InChI=1S/C22H33N.C9H11FO2/c1-7-13-22(8-2)15-20(16-22)23(6)19(5)14-18(4)21-12-10-9-11-17(21)3;1-6(11)8-5-7(12)3-4-9(8,2)10/h9-12,14,20H,4,7-8,13,15-16H2,1-3,5-6H3;3,5,12H,4H2,1-2H3/b19-14-;. The number of alkyl halides is 1. The monoisotopic (exact) mass is 481 g/mol. The SMILES string of the molecule is C=C(/C=C(/C)N(C)C1CC(CC)(CCC)C1)c1ccccc1C.CC(=O)C1=CC(O)=CCC1(C)F. The van der Waals surface area contributed by atoms with Crippen LogP contribution < -0.4 is 0 Å². The summed E-state index contributed by atoms with van der Waals surface area (Å²) in [6.07, 6.45) is 11.6. The van der Waals surface area contributed by atoms with Gasteiger partial charge in [0.1, 0.15) is 11.4 Å². The van der Waals surface area contributed by atoms with Gasteiger partial charge in [-0.3, -0.25) is 4.79 Å². The molecular weight excluding hydrogens is 437 g/mol. The molecule has 0 saturated heterocycles. The molecule has 3 nitrogen and oxygen atoms in total. The molecule has 192 valence electrons. The van der Waals surface area contributed by atoms with Crippen LogP contribution in [0.5, 0.6) is 0 Å². The minimum atomic E-state index is -1.63. The van der Waals surface area contributed by atoms with E-state index in [4.69, 9.17) is 5.11 Å². The van der Waals surface area contributed by atoms with Gasteiger partial charge in [0, 0.05) is 30.8 Å². The van der Waals surface area contributed by atoms with E-state index >= 15 is 0 Å². The van der Waals surface area contributed by atoms with Crippen LogP contribution in [0.25, 0.3) is 5.57 Å². The van der Waals surface area contributed by atoms with Gasteiger partial charge in [0.05, 0.1) is 0 Å². The Balaban J connectivity index is 0.000000303. The number of aryl methyl sites for hydroxylation is 1. The molecule has 2 aliphatic carbocycles. The summed E-state index contributed by atoms with van der Waals surface area (Å²) in [7, 11) is 2.24. The molecule has 0 heterocycles. The molecule has 1 atom stereocenters. The van der Waals surface area contributed by atoms with Crippen molar-refractivity contribution < 1.29 is 14.3 Å². The molecule has 0 spiro atoms. The highest BCUT2D eigenvalue weighted by atomic mass is 19.1. The van der Waals surface area contributed by atoms with Crippen molar-refractivity contribution in [3.63, 3.8) is 0 Å². The van der Waals surface area contributed by atoms with Gasteiger partial charge in [-0.15, -0.1) is 0 Å². The highest BCUT2D eigenvalue weighted by Gasteiger charge is 2.43. The summed E-state index contributed by atoms with van der Waals surface area (Å²) in [4.78, 5) is 13.4. The van der Waals surface area contributed by atoms with Crippen molar-refractivity contribution in [2.45, 2.75) is 91.8 Å². The first kappa shape index (κ1) is 28.6. The van der Waals surface area contributed by atoms with Crippen molar-refractivity contribution in [3.8, 4) is 0 Å². The molecular formula is C31H44FNO2. The number of aliphatic hydroxyl groups is 1. The maximum absolute atomic E-state index is 13.5. The minimum absolute atomic E-state index is 0.0321. The fraction of sp³-hybridized carbons (Fsp3) is 0.516. The lowest BCUT2D eigenvalue weighted by Crippen LogP contribution is -2.48. The first-order chi connectivity index (χ1) is 16.4. The molecule has 1 aromatic rings. The smallest absolute Gasteiger partial charge is 0.159 e. The Bertz CT molecular complexity index is 1010. The van der Waals surface area contributed by atoms with E-state index in [0.29, 0.717) is 11.5 Å². The number of halogens is 1. The van der Waals surface area contributed by atoms with Crippen LogP contribution in [0.4, 0.5) is 4.39 Å². The predicted octanol–water partition coefficient (Wildman–Crippen LogP) is 8.28. The highest BCUT2D eigenvalue weighted by Crippen LogP contribution is 2.50. The van der Waals surface area contributed by atoms with E-state index in [1.165, 1.54) is 74.9 Å². The van der Waals surface area contributed by atoms with Gasteiger partial charge in [-0.2, -0.15) is 0 Å². The van der Waals surface area contributed by atoms with Crippen molar-refractivity contribution >= 4 is 11.4 Å². The molecule has 1 fully saturated rings. The molecule has 0 aliphatic heterocycles. The zero-order chi connectivity index (χ0) is 26.4. The second kappa shape index (κ2) is 11.9. The van der Waals surface area contributed by atoms with Gasteiger partial charge in [0.25, 0.3) is 0 Å². The highest BCUT2D eigenvalue weighted by molar-refractivity contribution is 5.96. The molecule has 3 rings (SSSR count). The zero-order valence-corrected chi connectivity index (χ0v) is 22.7. The number of ketones is 1.